The first kappa shape index (κ1) is 25.7. The molecule has 3 aromatic carbocycles. The number of halogens is 2. The Morgan fingerprint density at radius 3 is 1.94 bits per heavy atom. The van der Waals surface area contributed by atoms with Crippen LogP contribution in [0.2, 0.25) is 0 Å². The van der Waals surface area contributed by atoms with E-state index in [-0.39, 0.29) is 17.1 Å². The van der Waals surface area contributed by atoms with Gasteiger partial charge in [-0.3, -0.25) is 0 Å². The zero-order chi connectivity index (χ0) is 25.1. The van der Waals surface area contributed by atoms with Crippen LogP contribution in [0.25, 0.3) is 0 Å². The van der Waals surface area contributed by atoms with Gasteiger partial charge in [0.15, 0.2) is 0 Å². The summed E-state index contributed by atoms with van der Waals surface area (Å²) in [5.74, 6) is -3.82. The number of benzene rings is 3. The molecular formula is C26H20F2N2O4. The van der Waals surface area contributed by atoms with E-state index in [1.807, 2.05) is 12.1 Å². The Bertz CT molecular complexity index is 1260. The molecular weight excluding hydrogens is 442 g/mol. The van der Waals surface area contributed by atoms with Crippen molar-refractivity contribution in [2.75, 3.05) is 0 Å². The predicted octanol–water partition coefficient (Wildman–Crippen LogP) is 5.76. The van der Waals surface area contributed by atoms with Crippen molar-refractivity contribution >= 4 is 11.9 Å². The van der Waals surface area contributed by atoms with Gasteiger partial charge in [-0.1, -0.05) is 25.5 Å². The van der Waals surface area contributed by atoms with E-state index in [4.69, 9.17) is 20.0 Å². The van der Waals surface area contributed by atoms with Crippen LogP contribution >= 0.6 is 0 Å². The molecule has 0 heterocycles. The fraction of sp³-hybridized carbons (Fsp3) is 0.154. The molecule has 172 valence electrons. The molecule has 0 spiro atoms. The third-order valence-corrected chi connectivity index (χ3v) is 4.37. The first-order valence-corrected chi connectivity index (χ1v) is 10.2. The number of ether oxygens (including phenoxy) is 2. The zero-order valence-electron chi connectivity index (χ0n) is 18.5. The van der Waals surface area contributed by atoms with E-state index < -0.39 is 29.1 Å². The third-order valence-electron chi connectivity index (χ3n) is 4.37. The molecule has 3 aromatic rings. The standard InChI is InChI=1S/C24H17F2NO4.C2H3N/c1-2-3-15-4-6-16(7-5-15)23(28)30-19-10-11-20(22(26)13-19)24(29)31-18-9-8-17(14-27)21(25)12-18;1-2-3/h4-13H,2-3H2,1H3;1H3. The molecule has 8 heteroatoms. The molecule has 0 fully saturated rings. The maximum Gasteiger partial charge on any atom is 0.346 e. The van der Waals surface area contributed by atoms with Gasteiger partial charge in [0.2, 0.25) is 0 Å². The zero-order valence-corrected chi connectivity index (χ0v) is 18.5. The number of carbonyl (C=O) groups excluding carboxylic acids is 2. The lowest BCUT2D eigenvalue weighted by molar-refractivity contribution is 0.0728. The number of hydrogen-bond acceptors (Lipinski definition) is 6. The van der Waals surface area contributed by atoms with Gasteiger partial charge in [-0.2, -0.15) is 10.5 Å². The highest BCUT2D eigenvalue weighted by molar-refractivity contribution is 5.93. The summed E-state index contributed by atoms with van der Waals surface area (Å²) in [7, 11) is 0. The number of carbonyl (C=O) groups is 2. The number of esters is 2. The Hall–Kier alpha value is -4.56. The molecule has 0 aliphatic carbocycles. The Morgan fingerprint density at radius 2 is 1.41 bits per heavy atom. The van der Waals surface area contributed by atoms with Gasteiger partial charge in [0.1, 0.15) is 29.2 Å². The summed E-state index contributed by atoms with van der Waals surface area (Å²) in [6.45, 7) is 3.48. The Balaban J connectivity index is 0.00000129. The van der Waals surface area contributed by atoms with E-state index in [2.05, 4.69) is 6.92 Å². The van der Waals surface area contributed by atoms with Crippen LogP contribution < -0.4 is 9.47 Å². The summed E-state index contributed by atoms with van der Waals surface area (Å²) < 4.78 is 38.1. The number of nitriles is 2. The molecule has 0 saturated carbocycles. The summed E-state index contributed by atoms with van der Waals surface area (Å²) in [4.78, 5) is 24.4. The van der Waals surface area contributed by atoms with E-state index in [1.165, 1.54) is 19.1 Å². The van der Waals surface area contributed by atoms with Gasteiger partial charge < -0.3 is 9.47 Å². The van der Waals surface area contributed by atoms with Crippen LogP contribution in [-0.4, -0.2) is 11.9 Å². The summed E-state index contributed by atoms with van der Waals surface area (Å²) >= 11 is 0. The minimum atomic E-state index is -1.06. The Labute approximate surface area is 195 Å². The first-order chi connectivity index (χ1) is 16.3. The van der Waals surface area contributed by atoms with E-state index in [0.29, 0.717) is 5.56 Å². The van der Waals surface area contributed by atoms with Crippen molar-refractivity contribution in [2.24, 2.45) is 0 Å². The topological polar surface area (TPSA) is 100 Å². The molecule has 0 aromatic heterocycles. The highest BCUT2D eigenvalue weighted by Crippen LogP contribution is 2.22. The average Bonchev–Trinajstić information content (AvgIpc) is 2.80. The number of rotatable bonds is 6. The lowest BCUT2D eigenvalue weighted by Gasteiger charge is -2.08. The van der Waals surface area contributed by atoms with Crippen molar-refractivity contribution in [2.45, 2.75) is 26.7 Å². The van der Waals surface area contributed by atoms with Crippen LogP contribution in [-0.2, 0) is 6.42 Å². The first-order valence-electron chi connectivity index (χ1n) is 10.2. The molecule has 34 heavy (non-hydrogen) atoms. The van der Waals surface area contributed by atoms with Crippen LogP contribution in [0.3, 0.4) is 0 Å². The molecule has 0 N–H and O–H groups in total. The van der Waals surface area contributed by atoms with Gasteiger partial charge >= 0.3 is 11.9 Å². The SMILES string of the molecule is CC#N.CCCc1ccc(C(=O)Oc2ccc(C(=O)Oc3ccc(C#N)c(F)c3)c(F)c2)cc1. The van der Waals surface area contributed by atoms with E-state index in [1.54, 1.807) is 24.3 Å². The highest BCUT2D eigenvalue weighted by atomic mass is 19.1. The molecule has 0 atom stereocenters. The maximum absolute atomic E-state index is 14.4. The van der Waals surface area contributed by atoms with E-state index in [9.17, 15) is 18.4 Å². The van der Waals surface area contributed by atoms with Crippen LogP contribution in [0.5, 0.6) is 11.5 Å². The molecule has 0 radical (unpaired) electrons. The number of hydrogen-bond donors (Lipinski definition) is 0. The minimum absolute atomic E-state index is 0.0823. The van der Waals surface area contributed by atoms with Crippen LogP contribution in [0.1, 0.15) is 52.1 Å². The van der Waals surface area contributed by atoms with Gasteiger partial charge in [-0.15, -0.1) is 0 Å². The summed E-state index contributed by atoms with van der Waals surface area (Å²) in [6, 6.07) is 16.8. The van der Waals surface area contributed by atoms with Crippen molar-refractivity contribution in [3.8, 4) is 23.6 Å². The molecule has 0 aliphatic heterocycles. The molecule has 3 rings (SSSR count). The van der Waals surface area contributed by atoms with Gasteiger partial charge in [0, 0.05) is 19.1 Å². The fourth-order valence-electron chi connectivity index (χ4n) is 2.80. The molecule has 0 aliphatic rings. The minimum Gasteiger partial charge on any atom is -0.423 e. The summed E-state index contributed by atoms with van der Waals surface area (Å²) in [5.41, 5.74) is 0.771. The van der Waals surface area contributed by atoms with Crippen molar-refractivity contribution in [1.29, 1.82) is 10.5 Å². The number of nitrogens with zero attached hydrogens (tertiary/aromatic N) is 2. The largest absolute Gasteiger partial charge is 0.423 e. The van der Waals surface area contributed by atoms with Gasteiger partial charge in [-0.25, -0.2) is 18.4 Å². The smallest absolute Gasteiger partial charge is 0.346 e. The average molecular weight is 462 g/mol. The molecule has 0 bridgehead atoms. The summed E-state index contributed by atoms with van der Waals surface area (Å²) in [6.07, 6.45) is 1.88. The Kier molecular flexibility index (Phi) is 9.43. The number of aryl methyl sites for hydroxylation is 1. The van der Waals surface area contributed by atoms with Crippen molar-refractivity contribution in [1.82, 2.24) is 0 Å². The normalized spacial score (nSPS) is 9.59. The van der Waals surface area contributed by atoms with Gasteiger partial charge in [0.05, 0.1) is 22.8 Å². The van der Waals surface area contributed by atoms with E-state index >= 15 is 0 Å². The second kappa shape index (κ2) is 12.5. The van der Waals surface area contributed by atoms with Crippen LogP contribution in [0.15, 0.2) is 60.7 Å². The molecule has 0 amide bonds. The second-order valence-corrected chi connectivity index (χ2v) is 6.84. The monoisotopic (exact) mass is 462 g/mol. The van der Waals surface area contributed by atoms with Crippen molar-refractivity contribution in [3.05, 3.63) is 94.6 Å². The lowest BCUT2D eigenvalue weighted by atomic mass is 10.1. The van der Waals surface area contributed by atoms with Crippen molar-refractivity contribution < 1.29 is 27.8 Å². The maximum atomic E-state index is 14.4. The predicted molar refractivity (Wildman–Crippen MR) is 119 cm³/mol. The molecule has 6 nitrogen and oxygen atoms in total. The fourth-order valence-corrected chi connectivity index (χ4v) is 2.80. The van der Waals surface area contributed by atoms with Crippen molar-refractivity contribution in [3.63, 3.8) is 0 Å². The van der Waals surface area contributed by atoms with Crippen LogP contribution in [0.4, 0.5) is 8.78 Å². The summed E-state index contributed by atoms with van der Waals surface area (Å²) in [5, 5.41) is 16.0. The Morgan fingerprint density at radius 1 is 0.853 bits per heavy atom. The van der Waals surface area contributed by atoms with E-state index in [0.717, 1.165) is 42.7 Å². The second-order valence-electron chi connectivity index (χ2n) is 6.84. The highest BCUT2D eigenvalue weighted by Gasteiger charge is 2.17. The molecule has 0 saturated heterocycles. The van der Waals surface area contributed by atoms with Gasteiger partial charge in [0.25, 0.3) is 0 Å². The van der Waals surface area contributed by atoms with Crippen LogP contribution in [0, 0.1) is 34.3 Å². The third kappa shape index (κ3) is 6.98. The lowest BCUT2D eigenvalue weighted by Crippen LogP contribution is -2.12. The quantitative estimate of drug-likeness (QED) is 0.341. The van der Waals surface area contributed by atoms with Gasteiger partial charge in [-0.05, 0) is 48.4 Å². The molecule has 0 unspecified atom stereocenters.